The van der Waals surface area contributed by atoms with Gasteiger partial charge in [0, 0.05) is 0 Å². The molecule has 0 saturated carbocycles. The molecule has 6 nitrogen and oxygen atoms in total. The molecule has 1 aromatic carbocycles. The van der Waals surface area contributed by atoms with Crippen molar-refractivity contribution in [1.29, 1.82) is 0 Å². The van der Waals surface area contributed by atoms with Crippen LogP contribution >= 0.6 is 0 Å². The summed E-state index contributed by atoms with van der Waals surface area (Å²) in [5, 5.41) is 0. The van der Waals surface area contributed by atoms with Gasteiger partial charge in [0.15, 0.2) is 9.84 Å². The van der Waals surface area contributed by atoms with E-state index in [2.05, 4.69) is 4.74 Å². The lowest BCUT2D eigenvalue weighted by Gasteiger charge is -2.16. The molecule has 0 radical (unpaired) electrons. The van der Waals surface area contributed by atoms with Crippen LogP contribution in [0.15, 0.2) is 24.3 Å². The van der Waals surface area contributed by atoms with Gasteiger partial charge in [-0.3, -0.25) is 4.79 Å². The van der Waals surface area contributed by atoms with Crippen LogP contribution in [0.4, 0.5) is 0 Å². The van der Waals surface area contributed by atoms with Gasteiger partial charge in [-0.05, 0) is 17.7 Å². The molecule has 1 aliphatic rings. The van der Waals surface area contributed by atoms with Crippen LogP contribution in [-0.4, -0.2) is 45.1 Å². The van der Waals surface area contributed by atoms with Crippen molar-refractivity contribution in [2.24, 2.45) is 5.73 Å². The first-order valence-electron chi connectivity index (χ1n) is 6.18. The number of hydrogen-bond donors (Lipinski definition) is 1. The number of methoxy groups -OCH3 is 1. The minimum absolute atomic E-state index is 0.0436. The third kappa shape index (κ3) is 3.71. The number of rotatable bonds is 4. The Labute approximate surface area is 117 Å². The van der Waals surface area contributed by atoms with E-state index in [4.69, 9.17) is 10.5 Å². The summed E-state index contributed by atoms with van der Waals surface area (Å²) in [5.41, 5.74) is 6.55. The van der Waals surface area contributed by atoms with E-state index in [-0.39, 0.29) is 23.9 Å². The monoisotopic (exact) mass is 299 g/mol. The zero-order valence-corrected chi connectivity index (χ0v) is 11.9. The highest BCUT2D eigenvalue weighted by Crippen LogP contribution is 2.20. The van der Waals surface area contributed by atoms with Gasteiger partial charge in [-0.2, -0.15) is 0 Å². The van der Waals surface area contributed by atoms with Crippen molar-refractivity contribution in [2.45, 2.75) is 18.6 Å². The third-order valence-corrected chi connectivity index (χ3v) is 4.86. The Hall–Kier alpha value is -1.60. The third-order valence-electron chi connectivity index (χ3n) is 3.13. The lowest BCUT2D eigenvalue weighted by molar-refractivity contribution is -0.139. The number of ether oxygens (including phenoxy) is 2. The predicted octanol–water partition coefficient (Wildman–Crippen LogP) is -0.0948. The van der Waals surface area contributed by atoms with E-state index < -0.39 is 22.0 Å². The van der Waals surface area contributed by atoms with Gasteiger partial charge in [-0.25, -0.2) is 8.42 Å². The summed E-state index contributed by atoms with van der Waals surface area (Å²) in [4.78, 5) is 11.1. The first-order valence-corrected chi connectivity index (χ1v) is 8.00. The molecule has 0 aliphatic carbocycles. The van der Waals surface area contributed by atoms with E-state index in [0.717, 1.165) is 5.56 Å². The molecule has 2 rings (SSSR count). The number of carbonyl (C=O) groups is 1. The number of nitrogens with two attached hydrogens (primary N) is 1. The maximum absolute atomic E-state index is 11.4. The summed E-state index contributed by atoms with van der Waals surface area (Å²) in [6, 6.07) is 6.35. The maximum atomic E-state index is 11.4. The molecule has 110 valence electrons. The molecule has 0 aromatic heterocycles. The van der Waals surface area contributed by atoms with Gasteiger partial charge in [0.1, 0.15) is 11.9 Å². The fourth-order valence-electron chi connectivity index (χ4n) is 2.06. The van der Waals surface area contributed by atoms with Crippen LogP contribution in [0.25, 0.3) is 0 Å². The first kappa shape index (κ1) is 14.8. The summed E-state index contributed by atoms with van der Waals surface area (Å²) < 4.78 is 33.0. The van der Waals surface area contributed by atoms with Gasteiger partial charge in [0.05, 0.1) is 31.1 Å². The van der Waals surface area contributed by atoms with Gasteiger partial charge in [-0.1, -0.05) is 12.1 Å². The highest BCUT2D eigenvalue weighted by atomic mass is 32.2. The van der Waals surface area contributed by atoms with Crippen LogP contribution in [0, 0.1) is 0 Å². The topological polar surface area (TPSA) is 95.7 Å². The van der Waals surface area contributed by atoms with Crippen LogP contribution < -0.4 is 10.5 Å². The minimum Gasteiger partial charge on any atom is -0.488 e. The Bertz CT molecular complexity index is 581. The fraction of sp³-hybridized carbons (Fsp3) is 0.462. The Morgan fingerprint density at radius 1 is 1.30 bits per heavy atom. The van der Waals surface area contributed by atoms with Gasteiger partial charge in [0.25, 0.3) is 0 Å². The average molecular weight is 299 g/mol. The van der Waals surface area contributed by atoms with Crippen LogP contribution in [0.3, 0.4) is 0 Å². The predicted molar refractivity (Wildman–Crippen MR) is 73.2 cm³/mol. The van der Waals surface area contributed by atoms with Crippen LogP contribution in [0.2, 0.25) is 0 Å². The van der Waals surface area contributed by atoms with Crippen LogP contribution in [0.1, 0.15) is 5.56 Å². The normalized spacial score (nSPS) is 24.3. The molecule has 1 fully saturated rings. The van der Waals surface area contributed by atoms with E-state index in [1.807, 2.05) is 0 Å². The second kappa shape index (κ2) is 5.80. The Kier molecular flexibility index (Phi) is 4.29. The SMILES string of the molecule is COC(=O)Cc1ccc(OC2CS(=O)(=O)CC2N)cc1. The van der Waals surface area contributed by atoms with E-state index in [9.17, 15) is 13.2 Å². The van der Waals surface area contributed by atoms with Gasteiger partial charge >= 0.3 is 5.97 Å². The lowest BCUT2D eigenvalue weighted by Crippen LogP contribution is -2.37. The molecule has 7 heteroatoms. The number of hydrogen-bond acceptors (Lipinski definition) is 6. The van der Waals surface area contributed by atoms with Crippen molar-refractivity contribution >= 4 is 15.8 Å². The Balaban J connectivity index is 1.99. The van der Waals surface area contributed by atoms with Crippen molar-refractivity contribution < 1.29 is 22.7 Å². The summed E-state index contributed by atoms with van der Waals surface area (Å²) in [6.45, 7) is 0. The zero-order chi connectivity index (χ0) is 14.8. The fourth-order valence-corrected chi connectivity index (χ4v) is 3.82. The summed E-state index contributed by atoms with van der Waals surface area (Å²) in [6.07, 6.45) is -0.333. The number of benzene rings is 1. The molecular formula is C13H17NO5S. The molecule has 2 atom stereocenters. The van der Waals surface area contributed by atoms with Crippen LogP contribution in [0.5, 0.6) is 5.75 Å². The lowest BCUT2D eigenvalue weighted by atomic mass is 10.1. The molecule has 2 N–H and O–H groups in total. The largest absolute Gasteiger partial charge is 0.488 e. The molecular weight excluding hydrogens is 282 g/mol. The first-order chi connectivity index (χ1) is 9.39. The highest BCUT2D eigenvalue weighted by molar-refractivity contribution is 7.91. The van der Waals surface area contributed by atoms with Crippen molar-refractivity contribution in [3.8, 4) is 5.75 Å². The van der Waals surface area contributed by atoms with Crippen molar-refractivity contribution in [1.82, 2.24) is 0 Å². The molecule has 1 aromatic rings. The quantitative estimate of drug-likeness (QED) is 0.780. The van der Waals surface area contributed by atoms with E-state index in [1.165, 1.54) is 7.11 Å². The second-order valence-corrected chi connectivity index (χ2v) is 6.95. The Morgan fingerprint density at radius 3 is 2.45 bits per heavy atom. The van der Waals surface area contributed by atoms with Gasteiger partial charge < -0.3 is 15.2 Å². The standard InChI is InChI=1S/C13H17NO5S/c1-18-13(15)6-9-2-4-10(5-3-9)19-12-8-20(16,17)7-11(12)14/h2-5,11-12H,6-8,14H2,1H3. The van der Waals surface area contributed by atoms with Crippen molar-refractivity contribution in [2.75, 3.05) is 18.6 Å². The summed E-state index contributed by atoms with van der Waals surface area (Å²) >= 11 is 0. The summed E-state index contributed by atoms with van der Waals surface area (Å²) in [7, 11) is -1.77. The smallest absolute Gasteiger partial charge is 0.309 e. The molecule has 1 aliphatic heterocycles. The number of sulfone groups is 1. The van der Waals surface area contributed by atoms with Gasteiger partial charge in [-0.15, -0.1) is 0 Å². The van der Waals surface area contributed by atoms with Gasteiger partial charge in [0.2, 0.25) is 0 Å². The van der Waals surface area contributed by atoms with Crippen LogP contribution in [-0.2, 0) is 25.8 Å². The van der Waals surface area contributed by atoms with E-state index in [0.29, 0.717) is 5.75 Å². The molecule has 1 heterocycles. The molecule has 2 unspecified atom stereocenters. The second-order valence-electron chi connectivity index (χ2n) is 4.79. The molecule has 0 amide bonds. The zero-order valence-electron chi connectivity index (χ0n) is 11.1. The van der Waals surface area contributed by atoms with E-state index in [1.54, 1.807) is 24.3 Å². The molecule has 20 heavy (non-hydrogen) atoms. The van der Waals surface area contributed by atoms with Crippen molar-refractivity contribution in [3.05, 3.63) is 29.8 Å². The highest BCUT2D eigenvalue weighted by Gasteiger charge is 2.36. The molecule has 0 spiro atoms. The summed E-state index contributed by atoms with van der Waals surface area (Å²) in [5.74, 6) is 0.120. The Morgan fingerprint density at radius 2 is 1.95 bits per heavy atom. The number of esters is 1. The molecule has 0 bridgehead atoms. The number of carbonyl (C=O) groups excluding carboxylic acids is 1. The minimum atomic E-state index is -3.10. The van der Waals surface area contributed by atoms with Crippen molar-refractivity contribution in [3.63, 3.8) is 0 Å². The molecule has 1 saturated heterocycles. The van der Waals surface area contributed by atoms with E-state index >= 15 is 0 Å². The maximum Gasteiger partial charge on any atom is 0.309 e. The average Bonchev–Trinajstić information content (AvgIpc) is 2.64.